The van der Waals surface area contributed by atoms with Crippen molar-refractivity contribution >= 4 is 5.96 Å². The van der Waals surface area contributed by atoms with E-state index in [1.165, 1.54) is 5.56 Å². The second-order valence-corrected chi connectivity index (χ2v) is 5.58. The molecule has 0 saturated heterocycles. The Morgan fingerprint density at radius 1 is 1.28 bits per heavy atom. The number of hydrogen-bond donors (Lipinski definition) is 2. The zero-order valence-electron chi connectivity index (χ0n) is 15.3. The van der Waals surface area contributed by atoms with E-state index in [-0.39, 0.29) is 0 Å². The van der Waals surface area contributed by atoms with Gasteiger partial charge in [0.25, 0.3) is 0 Å². The maximum atomic E-state index is 5.26. The number of hydrogen-bond acceptors (Lipinski definition) is 4. The third-order valence-electron chi connectivity index (χ3n) is 3.81. The highest BCUT2D eigenvalue weighted by Crippen LogP contribution is 2.12. The third-order valence-corrected chi connectivity index (χ3v) is 3.81. The fraction of sp³-hybridized carbons (Fsp3) is 0.500. The van der Waals surface area contributed by atoms with Crippen molar-refractivity contribution in [2.24, 2.45) is 4.99 Å². The second-order valence-electron chi connectivity index (χ2n) is 5.58. The molecule has 1 aromatic heterocycles. The van der Waals surface area contributed by atoms with Crippen molar-refractivity contribution < 1.29 is 4.74 Å². The van der Waals surface area contributed by atoms with Crippen LogP contribution in [0.2, 0.25) is 0 Å². The van der Waals surface area contributed by atoms with Gasteiger partial charge in [0.15, 0.2) is 5.96 Å². The van der Waals surface area contributed by atoms with Gasteiger partial charge in [0.1, 0.15) is 17.9 Å². The van der Waals surface area contributed by atoms with Gasteiger partial charge in [-0.1, -0.05) is 19.1 Å². The Kier molecular flexibility index (Phi) is 7.75. The van der Waals surface area contributed by atoms with Crippen LogP contribution < -0.4 is 15.4 Å². The fourth-order valence-corrected chi connectivity index (χ4v) is 2.50. The van der Waals surface area contributed by atoms with Crippen LogP contribution in [-0.4, -0.2) is 47.5 Å². The highest BCUT2D eigenvalue weighted by Gasteiger charge is 2.02. The molecular formula is C18H28N6O. The van der Waals surface area contributed by atoms with Gasteiger partial charge in [-0.2, -0.15) is 0 Å². The van der Waals surface area contributed by atoms with Crippen molar-refractivity contribution in [1.82, 2.24) is 25.4 Å². The summed E-state index contributed by atoms with van der Waals surface area (Å²) in [6, 6.07) is 8.10. The standard InChI is InChI=1S/C18H28N6O/c1-4-17-23-22-14-24(17)12-11-21-18(19-5-2)20-10-9-15-7-6-8-16(13-15)25-3/h6-8,13-14H,4-5,9-12H2,1-3H3,(H2,19,20,21). The summed E-state index contributed by atoms with van der Waals surface area (Å²) >= 11 is 0. The zero-order valence-corrected chi connectivity index (χ0v) is 15.3. The molecule has 2 rings (SSSR count). The van der Waals surface area contributed by atoms with E-state index in [1.54, 1.807) is 13.4 Å². The molecule has 0 atom stereocenters. The number of aromatic nitrogens is 3. The number of nitrogens with one attached hydrogen (secondary N) is 2. The summed E-state index contributed by atoms with van der Waals surface area (Å²) in [6.45, 7) is 7.28. The van der Waals surface area contributed by atoms with Gasteiger partial charge in [0.2, 0.25) is 0 Å². The van der Waals surface area contributed by atoms with Crippen molar-refractivity contribution in [3.05, 3.63) is 42.0 Å². The minimum atomic E-state index is 0.718. The van der Waals surface area contributed by atoms with E-state index >= 15 is 0 Å². The number of guanidine groups is 1. The average molecular weight is 344 g/mol. The number of aliphatic imine (C=N–C) groups is 1. The normalized spacial score (nSPS) is 11.4. The molecule has 0 spiro atoms. The molecular weight excluding hydrogens is 316 g/mol. The monoisotopic (exact) mass is 344 g/mol. The lowest BCUT2D eigenvalue weighted by Crippen LogP contribution is -2.39. The topological polar surface area (TPSA) is 76.4 Å². The van der Waals surface area contributed by atoms with Crippen LogP contribution in [0.4, 0.5) is 0 Å². The first-order chi connectivity index (χ1) is 12.3. The Balaban J connectivity index is 1.83. The summed E-state index contributed by atoms with van der Waals surface area (Å²) < 4.78 is 7.32. The van der Waals surface area contributed by atoms with E-state index in [2.05, 4.69) is 50.3 Å². The molecule has 0 fully saturated rings. The largest absolute Gasteiger partial charge is 0.497 e. The van der Waals surface area contributed by atoms with Crippen LogP contribution in [0.25, 0.3) is 0 Å². The summed E-state index contributed by atoms with van der Waals surface area (Å²) in [6.07, 6.45) is 3.53. The van der Waals surface area contributed by atoms with Crippen LogP contribution in [0.5, 0.6) is 5.75 Å². The Labute approximate surface area is 149 Å². The molecule has 0 unspecified atom stereocenters. The fourth-order valence-electron chi connectivity index (χ4n) is 2.50. The van der Waals surface area contributed by atoms with Crippen molar-refractivity contribution in [2.45, 2.75) is 33.2 Å². The third kappa shape index (κ3) is 6.10. The Bertz CT molecular complexity index is 667. The average Bonchev–Trinajstić information content (AvgIpc) is 3.09. The van der Waals surface area contributed by atoms with Crippen LogP contribution in [0.3, 0.4) is 0 Å². The van der Waals surface area contributed by atoms with Gasteiger partial charge in [0.05, 0.1) is 7.11 Å². The lowest BCUT2D eigenvalue weighted by molar-refractivity contribution is 0.414. The maximum Gasteiger partial charge on any atom is 0.191 e. The van der Waals surface area contributed by atoms with Crippen LogP contribution in [-0.2, 0) is 19.4 Å². The molecule has 2 N–H and O–H groups in total. The molecule has 0 radical (unpaired) electrons. The summed E-state index contributed by atoms with van der Waals surface area (Å²) in [5.74, 6) is 2.71. The SMILES string of the molecule is CCNC(=NCCc1cccc(OC)c1)NCCn1cnnc1CC. The lowest BCUT2D eigenvalue weighted by atomic mass is 10.1. The first-order valence-corrected chi connectivity index (χ1v) is 8.78. The van der Waals surface area contributed by atoms with Gasteiger partial charge in [-0.15, -0.1) is 10.2 Å². The summed E-state index contributed by atoms with van der Waals surface area (Å²) in [7, 11) is 1.68. The zero-order chi connectivity index (χ0) is 17.9. The lowest BCUT2D eigenvalue weighted by Gasteiger charge is -2.12. The van der Waals surface area contributed by atoms with Crippen molar-refractivity contribution in [3.63, 3.8) is 0 Å². The highest BCUT2D eigenvalue weighted by atomic mass is 16.5. The summed E-state index contributed by atoms with van der Waals surface area (Å²) in [4.78, 5) is 4.64. The molecule has 7 nitrogen and oxygen atoms in total. The molecule has 1 aromatic carbocycles. The molecule has 0 bridgehead atoms. The predicted octanol–water partition coefficient (Wildman–Crippen LogP) is 1.65. The number of rotatable bonds is 9. The Morgan fingerprint density at radius 2 is 2.16 bits per heavy atom. The van der Waals surface area contributed by atoms with Gasteiger partial charge in [-0.05, 0) is 31.0 Å². The van der Waals surface area contributed by atoms with Crippen molar-refractivity contribution in [2.75, 3.05) is 26.7 Å². The van der Waals surface area contributed by atoms with Gasteiger partial charge in [0, 0.05) is 32.6 Å². The van der Waals surface area contributed by atoms with E-state index in [4.69, 9.17) is 4.74 Å². The molecule has 0 saturated carbocycles. The molecule has 136 valence electrons. The number of benzene rings is 1. The number of aryl methyl sites for hydroxylation is 1. The van der Waals surface area contributed by atoms with E-state index in [9.17, 15) is 0 Å². The van der Waals surface area contributed by atoms with Crippen LogP contribution in [0, 0.1) is 0 Å². The predicted molar refractivity (Wildman–Crippen MR) is 100 cm³/mol. The van der Waals surface area contributed by atoms with E-state index in [0.717, 1.165) is 56.6 Å². The molecule has 2 aromatic rings. The van der Waals surface area contributed by atoms with Gasteiger partial charge in [-0.3, -0.25) is 4.99 Å². The van der Waals surface area contributed by atoms with Crippen LogP contribution in [0.1, 0.15) is 25.2 Å². The van der Waals surface area contributed by atoms with Crippen LogP contribution in [0.15, 0.2) is 35.6 Å². The smallest absolute Gasteiger partial charge is 0.191 e. The molecule has 0 aliphatic rings. The summed E-state index contributed by atoms with van der Waals surface area (Å²) in [5.41, 5.74) is 1.22. The molecule has 1 heterocycles. The van der Waals surface area contributed by atoms with Gasteiger partial charge < -0.3 is 19.9 Å². The van der Waals surface area contributed by atoms with Crippen molar-refractivity contribution in [3.8, 4) is 5.75 Å². The Morgan fingerprint density at radius 3 is 2.92 bits per heavy atom. The molecule has 0 aliphatic heterocycles. The number of nitrogens with zero attached hydrogens (tertiary/aromatic N) is 4. The van der Waals surface area contributed by atoms with E-state index < -0.39 is 0 Å². The molecule has 25 heavy (non-hydrogen) atoms. The number of methoxy groups -OCH3 is 1. The minimum Gasteiger partial charge on any atom is -0.497 e. The quantitative estimate of drug-likeness (QED) is 0.534. The molecule has 0 aliphatic carbocycles. The maximum absolute atomic E-state index is 5.26. The van der Waals surface area contributed by atoms with Gasteiger partial charge in [-0.25, -0.2) is 0 Å². The Hall–Kier alpha value is -2.57. The second kappa shape index (κ2) is 10.3. The molecule has 0 amide bonds. The van der Waals surface area contributed by atoms with Crippen LogP contribution >= 0.6 is 0 Å². The first-order valence-electron chi connectivity index (χ1n) is 8.78. The molecule has 7 heteroatoms. The first kappa shape index (κ1) is 18.8. The highest BCUT2D eigenvalue weighted by molar-refractivity contribution is 5.79. The minimum absolute atomic E-state index is 0.718. The van der Waals surface area contributed by atoms with Gasteiger partial charge >= 0.3 is 0 Å². The number of ether oxygens (including phenoxy) is 1. The summed E-state index contributed by atoms with van der Waals surface area (Å²) in [5, 5.41) is 14.7. The van der Waals surface area contributed by atoms with E-state index in [0.29, 0.717) is 0 Å². The van der Waals surface area contributed by atoms with Crippen molar-refractivity contribution in [1.29, 1.82) is 0 Å². The van der Waals surface area contributed by atoms with E-state index in [1.807, 2.05) is 18.2 Å².